The number of hydrogen-bond donors (Lipinski definition) is 3. The first-order valence-corrected chi connectivity index (χ1v) is 7.73. The average Bonchev–Trinajstić information content (AvgIpc) is 2.97. The highest BCUT2D eigenvalue weighted by Crippen LogP contribution is 2.28. The Hall–Kier alpha value is -1.82. The van der Waals surface area contributed by atoms with Gasteiger partial charge in [0.2, 0.25) is 0 Å². The number of nitrogens with one attached hydrogen (secondary N) is 2. The second kappa shape index (κ2) is 5.66. The summed E-state index contributed by atoms with van der Waals surface area (Å²) in [6.07, 6.45) is 7.62. The monoisotopic (exact) mass is 290 g/mol. The molecule has 106 valence electrons. The van der Waals surface area contributed by atoms with E-state index in [2.05, 4.69) is 21.6 Å². The summed E-state index contributed by atoms with van der Waals surface area (Å²) in [5.74, 6) is 0.482. The van der Waals surface area contributed by atoms with Crippen molar-refractivity contribution < 1.29 is 4.79 Å². The van der Waals surface area contributed by atoms with Crippen LogP contribution in [0.1, 0.15) is 44.9 Å². The quantitative estimate of drug-likeness (QED) is 0.758. The minimum atomic E-state index is -0.0244. The Balaban J connectivity index is 1.67. The number of nitrogens with zero attached hydrogens (tertiary/aromatic N) is 1. The third-order valence-electron chi connectivity index (χ3n) is 3.66. The van der Waals surface area contributed by atoms with Crippen LogP contribution >= 0.6 is 11.3 Å². The van der Waals surface area contributed by atoms with E-state index >= 15 is 0 Å². The van der Waals surface area contributed by atoms with Crippen LogP contribution in [-0.4, -0.2) is 16.1 Å². The maximum Gasteiger partial charge on any atom is 0.261 e. The summed E-state index contributed by atoms with van der Waals surface area (Å²) in [5, 5.41) is 9.39. The molecule has 0 saturated carbocycles. The van der Waals surface area contributed by atoms with E-state index in [0.717, 1.165) is 23.3 Å². The zero-order chi connectivity index (χ0) is 13.9. The van der Waals surface area contributed by atoms with Gasteiger partial charge in [0.15, 0.2) is 0 Å². The van der Waals surface area contributed by atoms with Gasteiger partial charge in [-0.1, -0.05) is 6.42 Å². The van der Waals surface area contributed by atoms with E-state index < -0.39 is 0 Å². The van der Waals surface area contributed by atoms with Crippen molar-refractivity contribution in [3.8, 4) is 0 Å². The number of aromatic nitrogens is 2. The Morgan fingerprint density at radius 2 is 2.25 bits per heavy atom. The number of H-pyrrole nitrogens is 1. The lowest BCUT2D eigenvalue weighted by Gasteiger charge is -2.02. The van der Waals surface area contributed by atoms with Gasteiger partial charge in [-0.15, -0.1) is 11.3 Å². The molecule has 1 amide bonds. The van der Waals surface area contributed by atoms with Crippen molar-refractivity contribution in [3.05, 3.63) is 33.1 Å². The summed E-state index contributed by atoms with van der Waals surface area (Å²) in [5.41, 5.74) is 7.87. The fourth-order valence-corrected chi connectivity index (χ4v) is 3.67. The molecule has 4 N–H and O–H groups in total. The number of nitrogens with two attached hydrogens (primary N) is 1. The molecule has 6 heteroatoms. The second-order valence-electron chi connectivity index (χ2n) is 5.11. The number of aromatic amines is 1. The van der Waals surface area contributed by atoms with Crippen molar-refractivity contribution in [1.29, 1.82) is 0 Å². The lowest BCUT2D eigenvalue weighted by atomic mass is 10.1. The number of carbonyl (C=O) groups is 1. The van der Waals surface area contributed by atoms with Crippen LogP contribution in [0.25, 0.3) is 0 Å². The van der Waals surface area contributed by atoms with Crippen molar-refractivity contribution in [3.63, 3.8) is 0 Å². The number of nitrogen functional groups attached to an aromatic ring is 1. The second-order valence-corrected chi connectivity index (χ2v) is 6.25. The number of thiophene rings is 1. The standard InChI is InChI=1S/C14H18N4OS/c15-13-10(8-17-18-13)7-16-14(19)12-6-9-4-2-1-3-5-11(9)20-12/h6,8H,1-5,7H2,(H,16,19)(H3,15,17,18). The Morgan fingerprint density at radius 3 is 3.05 bits per heavy atom. The molecule has 3 rings (SSSR count). The first kappa shape index (κ1) is 13.2. The molecule has 2 aromatic rings. The molecule has 0 atom stereocenters. The normalized spacial score (nSPS) is 14.6. The molecular weight excluding hydrogens is 272 g/mol. The molecule has 0 saturated heterocycles. The SMILES string of the molecule is Nc1[nH]ncc1CNC(=O)c1cc2c(s1)CCCCC2. The highest BCUT2D eigenvalue weighted by Gasteiger charge is 2.16. The Bertz CT molecular complexity index is 593. The first-order valence-electron chi connectivity index (χ1n) is 6.91. The maximum absolute atomic E-state index is 12.2. The van der Waals surface area contributed by atoms with Crippen LogP contribution < -0.4 is 11.1 Å². The number of carbonyl (C=O) groups excluding carboxylic acids is 1. The van der Waals surface area contributed by atoms with Crippen molar-refractivity contribution in [2.75, 3.05) is 5.73 Å². The molecule has 0 unspecified atom stereocenters. The highest BCUT2D eigenvalue weighted by atomic mass is 32.1. The van der Waals surface area contributed by atoms with E-state index in [0.29, 0.717) is 12.4 Å². The predicted octanol–water partition coefficient (Wildman–Crippen LogP) is 2.25. The number of anilines is 1. The molecule has 0 radical (unpaired) electrons. The van der Waals surface area contributed by atoms with Gasteiger partial charge < -0.3 is 11.1 Å². The van der Waals surface area contributed by atoms with Gasteiger partial charge in [-0.25, -0.2) is 0 Å². The van der Waals surface area contributed by atoms with Gasteiger partial charge in [-0.05, 0) is 37.3 Å². The number of amides is 1. The van der Waals surface area contributed by atoms with Crippen LogP contribution in [0, 0.1) is 0 Å². The Kier molecular flexibility index (Phi) is 3.73. The van der Waals surface area contributed by atoms with E-state index in [1.165, 1.54) is 29.7 Å². The Labute approximate surface area is 121 Å². The van der Waals surface area contributed by atoms with Gasteiger partial charge >= 0.3 is 0 Å². The number of hydrogen-bond acceptors (Lipinski definition) is 4. The van der Waals surface area contributed by atoms with Crippen LogP contribution in [0.5, 0.6) is 0 Å². The molecule has 1 aliphatic rings. The summed E-state index contributed by atoms with van der Waals surface area (Å²) < 4.78 is 0. The van der Waals surface area contributed by atoms with Crippen LogP contribution in [0.2, 0.25) is 0 Å². The molecule has 0 spiro atoms. The van der Waals surface area contributed by atoms with Crippen molar-refractivity contribution in [2.45, 2.75) is 38.6 Å². The topological polar surface area (TPSA) is 83.8 Å². The molecule has 0 bridgehead atoms. The van der Waals surface area contributed by atoms with Crippen molar-refractivity contribution in [2.24, 2.45) is 0 Å². The summed E-state index contributed by atoms with van der Waals surface area (Å²) in [4.78, 5) is 14.4. The zero-order valence-corrected chi connectivity index (χ0v) is 12.1. The molecule has 0 aromatic carbocycles. The summed E-state index contributed by atoms with van der Waals surface area (Å²) in [7, 11) is 0. The summed E-state index contributed by atoms with van der Waals surface area (Å²) >= 11 is 1.63. The minimum Gasteiger partial charge on any atom is -0.384 e. The molecule has 1 aliphatic carbocycles. The van der Waals surface area contributed by atoms with Crippen LogP contribution in [0.4, 0.5) is 5.82 Å². The third-order valence-corrected chi connectivity index (χ3v) is 4.90. The maximum atomic E-state index is 12.2. The van der Waals surface area contributed by atoms with Gasteiger partial charge in [0.1, 0.15) is 5.82 Å². The van der Waals surface area contributed by atoms with Crippen molar-refractivity contribution in [1.82, 2.24) is 15.5 Å². The van der Waals surface area contributed by atoms with Crippen LogP contribution in [-0.2, 0) is 19.4 Å². The van der Waals surface area contributed by atoms with Crippen molar-refractivity contribution >= 4 is 23.1 Å². The molecule has 0 aliphatic heterocycles. The summed E-state index contributed by atoms with van der Waals surface area (Å²) in [6.45, 7) is 0.406. The Morgan fingerprint density at radius 1 is 1.40 bits per heavy atom. The van der Waals surface area contributed by atoms with E-state index in [1.54, 1.807) is 17.5 Å². The van der Waals surface area contributed by atoms with Gasteiger partial charge in [0, 0.05) is 17.0 Å². The number of fused-ring (bicyclic) bond motifs is 1. The van der Waals surface area contributed by atoms with E-state index in [-0.39, 0.29) is 5.91 Å². The number of rotatable bonds is 3. The van der Waals surface area contributed by atoms with Crippen LogP contribution in [0.3, 0.4) is 0 Å². The smallest absolute Gasteiger partial charge is 0.261 e. The molecule has 0 fully saturated rings. The van der Waals surface area contributed by atoms with Gasteiger partial charge in [-0.3, -0.25) is 9.89 Å². The average molecular weight is 290 g/mol. The third kappa shape index (κ3) is 2.70. The van der Waals surface area contributed by atoms with Crippen LogP contribution in [0.15, 0.2) is 12.3 Å². The predicted molar refractivity (Wildman–Crippen MR) is 79.7 cm³/mol. The fourth-order valence-electron chi connectivity index (χ4n) is 2.50. The van der Waals surface area contributed by atoms with Gasteiger partial charge in [0.25, 0.3) is 5.91 Å². The molecule has 20 heavy (non-hydrogen) atoms. The lowest BCUT2D eigenvalue weighted by Crippen LogP contribution is -2.22. The van der Waals surface area contributed by atoms with E-state index in [4.69, 9.17) is 5.73 Å². The largest absolute Gasteiger partial charge is 0.384 e. The molecule has 5 nitrogen and oxygen atoms in total. The first-order chi connectivity index (χ1) is 9.74. The summed E-state index contributed by atoms with van der Waals surface area (Å²) in [6, 6.07) is 2.05. The zero-order valence-electron chi connectivity index (χ0n) is 11.2. The van der Waals surface area contributed by atoms with E-state index in [1.807, 2.05) is 0 Å². The lowest BCUT2D eigenvalue weighted by molar-refractivity contribution is 0.0955. The minimum absolute atomic E-state index is 0.0244. The fraction of sp³-hybridized carbons (Fsp3) is 0.429. The molecule has 2 aromatic heterocycles. The molecule has 2 heterocycles. The van der Waals surface area contributed by atoms with E-state index in [9.17, 15) is 4.79 Å². The molecular formula is C14H18N4OS. The highest BCUT2D eigenvalue weighted by molar-refractivity contribution is 7.14. The van der Waals surface area contributed by atoms with Gasteiger partial charge in [0.05, 0.1) is 11.1 Å². The number of aryl methyl sites for hydroxylation is 2. The van der Waals surface area contributed by atoms with Gasteiger partial charge in [-0.2, -0.15) is 5.10 Å².